The van der Waals surface area contributed by atoms with Crippen LogP contribution in [0.1, 0.15) is 12.5 Å². The average molecular weight is 291 g/mol. The van der Waals surface area contributed by atoms with Crippen LogP contribution < -0.4 is 5.73 Å². The predicted octanol–water partition coefficient (Wildman–Crippen LogP) is 0.768. The third kappa shape index (κ3) is 5.64. The Balaban J connectivity index is 0.00000324. The number of non-ortho nitro benzene ring substituents is 1. The topological polar surface area (TPSA) is 116 Å². The molecule has 106 valence electrons. The summed E-state index contributed by atoms with van der Waals surface area (Å²) in [5, 5.41) is 19.3. The van der Waals surface area contributed by atoms with Crippen LogP contribution in [0.5, 0.6) is 0 Å². The predicted molar refractivity (Wildman–Crippen MR) is 69.8 cm³/mol. The molecule has 0 fully saturated rings. The molecule has 0 aliphatic rings. The number of esters is 1. The first-order valence-electron chi connectivity index (χ1n) is 5.27. The van der Waals surface area contributed by atoms with Crippen LogP contribution in [0, 0.1) is 10.1 Å². The van der Waals surface area contributed by atoms with E-state index in [-0.39, 0.29) is 24.5 Å². The molecule has 0 amide bonds. The fourth-order valence-corrected chi connectivity index (χ4v) is 1.35. The Bertz CT molecular complexity index is 435. The van der Waals surface area contributed by atoms with Crippen LogP contribution in [0.4, 0.5) is 5.69 Å². The van der Waals surface area contributed by atoms with Crippen molar-refractivity contribution < 1.29 is 19.6 Å². The lowest BCUT2D eigenvalue weighted by Crippen LogP contribution is -2.36. The maximum absolute atomic E-state index is 11.3. The van der Waals surface area contributed by atoms with Crippen molar-refractivity contribution in [1.82, 2.24) is 0 Å². The fraction of sp³-hybridized carbons (Fsp3) is 0.364. The summed E-state index contributed by atoms with van der Waals surface area (Å²) in [7, 11) is 0. The van der Waals surface area contributed by atoms with Crippen LogP contribution in [0.3, 0.4) is 0 Å². The highest BCUT2D eigenvalue weighted by Crippen LogP contribution is 2.13. The fourth-order valence-electron chi connectivity index (χ4n) is 1.35. The van der Waals surface area contributed by atoms with Gasteiger partial charge in [-0.15, -0.1) is 12.4 Å². The number of hydrogen-bond donors (Lipinski definition) is 2. The third-order valence-electron chi connectivity index (χ3n) is 2.19. The Kier molecular flexibility index (Phi) is 6.99. The van der Waals surface area contributed by atoms with Crippen LogP contribution >= 0.6 is 12.4 Å². The number of hydrogen-bond acceptors (Lipinski definition) is 6. The van der Waals surface area contributed by atoms with E-state index in [1.54, 1.807) is 0 Å². The summed E-state index contributed by atoms with van der Waals surface area (Å²) in [5.41, 5.74) is 6.22. The smallest absolute Gasteiger partial charge is 0.325 e. The summed E-state index contributed by atoms with van der Waals surface area (Å²) in [6, 6.07) is 4.80. The number of nitro groups is 1. The summed E-state index contributed by atoms with van der Waals surface area (Å²) < 4.78 is 4.53. The zero-order valence-corrected chi connectivity index (χ0v) is 11.0. The molecule has 0 aliphatic carbocycles. The third-order valence-corrected chi connectivity index (χ3v) is 2.19. The number of carbonyl (C=O) groups excluding carboxylic acids is 1. The second-order valence-electron chi connectivity index (χ2n) is 3.77. The second kappa shape index (κ2) is 7.67. The van der Waals surface area contributed by atoms with E-state index in [9.17, 15) is 14.9 Å². The lowest BCUT2D eigenvalue weighted by Gasteiger charge is -2.12. The first-order valence-corrected chi connectivity index (χ1v) is 5.27. The quantitative estimate of drug-likeness (QED) is 0.358. The van der Waals surface area contributed by atoms with E-state index in [0.717, 1.165) is 0 Å². The number of halogens is 1. The minimum Gasteiger partial charge on any atom is -0.435 e. The van der Waals surface area contributed by atoms with Gasteiger partial charge in [0.05, 0.1) is 4.92 Å². The first kappa shape index (κ1) is 17.3. The summed E-state index contributed by atoms with van der Waals surface area (Å²) in [5.74, 6) is -0.719. The summed E-state index contributed by atoms with van der Waals surface area (Å²) in [4.78, 5) is 21.3. The molecule has 0 saturated carbocycles. The van der Waals surface area contributed by atoms with Crippen LogP contribution in [-0.4, -0.2) is 28.3 Å². The highest BCUT2D eigenvalue weighted by atomic mass is 35.5. The highest BCUT2D eigenvalue weighted by molar-refractivity contribution is 5.85. The zero-order chi connectivity index (χ0) is 13.7. The SMILES string of the molecule is CC(O)OC(=O)[C@@H](N)Cc1ccc([N+](=O)[O-])cc1.Cl. The lowest BCUT2D eigenvalue weighted by atomic mass is 10.1. The maximum Gasteiger partial charge on any atom is 0.325 e. The lowest BCUT2D eigenvalue weighted by molar-refractivity contribution is -0.384. The zero-order valence-electron chi connectivity index (χ0n) is 10.2. The van der Waals surface area contributed by atoms with Crippen molar-refractivity contribution in [2.75, 3.05) is 0 Å². The van der Waals surface area contributed by atoms with Crippen molar-refractivity contribution in [3.05, 3.63) is 39.9 Å². The van der Waals surface area contributed by atoms with Gasteiger partial charge in [0.2, 0.25) is 0 Å². The minimum atomic E-state index is -1.21. The average Bonchev–Trinajstić information content (AvgIpc) is 2.28. The van der Waals surface area contributed by atoms with E-state index in [0.29, 0.717) is 5.56 Å². The van der Waals surface area contributed by atoms with Crippen molar-refractivity contribution in [3.63, 3.8) is 0 Å². The van der Waals surface area contributed by atoms with Crippen LogP contribution in [0.15, 0.2) is 24.3 Å². The first-order chi connectivity index (χ1) is 8.40. The molecule has 1 aromatic carbocycles. The molecule has 3 N–H and O–H groups in total. The number of aliphatic hydroxyl groups is 1. The van der Waals surface area contributed by atoms with Gasteiger partial charge in [-0.05, 0) is 18.9 Å². The molecule has 1 rings (SSSR count). The van der Waals surface area contributed by atoms with E-state index in [1.165, 1.54) is 31.2 Å². The Hall–Kier alpha value is -1.70. The summed E-state index contributed by atoms with van der Waals surface area (Å²) in [6.07, 6.45) is -1.02. The van der Waals surface area contributed by atoms with Gasteiger partial charge in [0.1, 0.15) is 6.04 Å². The van der Waals surface area contributed by atoms with E-state index in [1.807, 2.05) is 0 Å². The number of aliphatic hydroxyl groups excluding tert-OH is 1. The van der Waals surface area contributed by atoms with Gasteiger partial charge in [0.15, 0.2) is 6.29 Å². The molecule has 0 bridgehead atoms. The molecule has 0 aromatic heterocycles. The van der Waals surface area contributed by atoms with Crippen LogP contribution in [0.25, 0.3) is 0 Å². The van der Waals surface area contributed by atoms with Gasteiger partial charge in [-0.1, -0.05) is 12.1 Å². The number of nitrogens with zero attached hydrogens (tertiary/aromatic N) is 1. The standard InChI is InChI=1S/C11H14N2O5.ClH/c1-7(14)18-11(15)10(12)6-8-2-4-9(5-3-8)13(16)17;/h2-5,7,10,14H,6,12H2,1H3;1H/t7?,10-;/m0./s1. The van der Waals surface area contributed by atoms with Crippen molar-refractivity contribution >= 4 is 24.1 Å². The van der Waals surface area contributed by atoms with Gasteiger partial charge in [0, 0.05) is 12.1 Å². The second-order valence-corrected chi connectivity index (χ2v) is 3.77. The molecule has 1 aromatic rings. The molecule has 1 unspecified atom stereocenters. The largest absolute Gasteiger partial charge is 0.435 e. The van der Waals surface area contributed by atoms with Gasteiger partial charge in [-0.3, -0.25) is 14.9 Å². The number of ether oxygens (including phenoxy) is 1. The number of carbonyl (C=O) groups is 1. The number of nitrogens with two attached hydrogens (primary N) is 1. The molecule has 19 heavy (non-hydrogen) atoms. The van der Waals surface area contributed by atoms with Gasteiger partial charge in [0.25, 0.3) is 5.69 Å². The monoisotopic (exact) mass is 290 g/mol. The highest BCUT2D eigenvalue weighted by Gasteiger charge is 2.17. The Morgan fingerprint density at radius 1 is 1.47 bits per heavy atom. The maximum atomic E-state index is 11.3. The molecule has 0 radical (unpaired) electrons. The molecule has 0 aliphatic heterocycles. The van der Waals surface area contributed by atoms with E-state index < -0.39 is 23.2 Å². The summed E-state index contributed by atoms with van der Waals surface area (Å²) in [6.45, 7) is 1.30. The minimum absolute atomic E-state index is 0. The van der Waals surface area contributed by atoms with E-state index in [2.05, 4.69) is 4.74 Å². The van der Waals surface area contributed by atoms with Crippen molar-refractivity contribution in [2.45, 2.75) is 25.7 Å². The van der Waals surface area contributed by atoms with Crippen LogP contribution in [-0.2, 0) is 16.0 Å². The van der Waals surface area contributed by atoms with Crippen molar-refractivity contribution in [2.24, 2.45) is 5.73 Å². The molecule has 0 saturated heterocycles. The Labute approximate surface area is 115 Å². The number of rotatable bonds is 5. The van der Waals surface area contributed by atoms with Gasteiger partial charge in [-0.25, -0.2) is 0 Å². The van der Waals surface area contributed by atoms with Gasteiger partial charge < -0.3 is 15.6 Å². The van der Waals surface area contributed by atoms with Crippen molar-refractivity contribution in [1.29, 1.82) is 0 Å². The van der Waals surface area contributed by atoms with E-state index in [4.69, 9.17) is 10.8 Å². The van der Waals surface area contributed by atoms with Gasteiger partial charge >= 0.3 is 5.97 Å². The molecule has 2 atom stereocenters. The van der Waals surface area contributed by atoms with Gasteiger partial charge in [-0.2, -0.15) is 0 Å². The number of nitro benzene ring substituents is 1. The number of benzene rings is 1. The summed E-state index contributed by atoms with van der Waals surface area (Å²) >= 11 is 0. The molecule has 0 spiro atoms. The molecule has 7 nitrogen and oxygen atoms in total. The van der Waals surface area contributed by atoms with Crippen molar-refractivity contribution in [3.8, 4) is 0 Å². The Morgan fingerprint density at radius 2 is 2.00 bits per heavy atom. The van der Waals surface area contributed by atoms with E-state index >= 15 is 0 Å². The molecular weight excluding hydrogens is 276 g/mol. The Morgan fingerprint density at radius 3 is 2.42 bits per heavy atom. The normalized spacial score (nSPS) is 13.0. The van der Waals surface area contributed by atoms with Crippen LogP contribution in [0.2, 0.25) is 0 Å². The molecular formula is C11H15ClN2O5. The molecule has 8 heteroatoms. The molecule has 0 heterocycles.